The van der Waals surface area contributed by atoms with E-state index < -0.39 is 0 Å². The lowest BCUT2D eigenvalue weighted by Crippen LogP contribution is -2.18. The number of hydrogen-bond acceptors (Lipinski definition) is 4. The molecule has 0 saturated heterocycles. The van der Waals surface area contributed by atoms with Gasteiger partial charge in [0.1, 0.15) is 5.82 Å². The lowest BCUT2D eigenvalue weighted by Gasteiger charge is -2.19. The molecule has 3 aromatic rings. The van der Waals surface area contributed by atoms with Crippen molar-refractivity contribution in [1.82, 2.24) is 14.6 Å². The highest BCUT2D eigenvalue weighted by Crippen LogP contribution is 2.27. The van der Waals surface area contributed by atoms with Crippen LogP contribution in [0.4, 0.5) is 11.5 Å². The molecule has 0 aromatic carbocycles. The van der Waals surface area contributed by atoms with Gasteiger partial charge in [-0.1, -0.05) is 26.3 Å². The highest BCUT2D eigenvalue weighted by Gasteiger charge is 2.11. The molecule has 1 atom stereocenters. The first-order valence-electron chi connectivity index (χ1n) is 8.77. The first-order chi connectivity index (χ1) is 12.2. The van der Waals surface area contributed by atoms with Gasteiger partial charge in [0.05, 0.1) is 16.2 Å². The number of pyridine rings is 2. The number of rotatable bonds is 8. The van der Waals surface area contributed by atoms with Crippen molar-refractivity contribution in [1.29, 1.82) is 0 Å². The monoisotopic (exact) mass is 401 g/mol. The molecule has 5 nitrogen and oxygen atoms in total. The van der Waals surface area contributed by atoms with Crippen LogP contribution in [0.25, 0.3) is 5.52 Å². The predicted octanol–water partition coefficient (Wildman–Crippen LogP) is 5.09. The fourth-order valence-electron chi connectivity index (χ4n) is 2.92. The van der Waals surface area contributed by atoms with Crippen LogP contribution in [-0.4, -0.2) is 20.6 Å². The zero-order valence-corrected chi connectivity index (χ0v) is 16.3. The van der Waals surface area contributed by atoms with E-state index in [1.807, 2.05) is 23.0 Å². The minimum atomic E-state index is 0.486. The van der Waals surface area contributed by atoms with Crippen LogP contribution < -0.4 is 10.6 Å². The molecule has 6 heteroatoms. The van der Waals surface area contributed by atoms with E-state index in [4.69, 9.17) is 0 Å². The van der Waals surface area contributed by atoms with E-state index in [-0.39, 0.29) is 0 Å². The van der Waals surface area contributed by atoms with Crippen LogP contribution in [0.5, 0.6) is 0 Å². The van der Waals surface area contributed by atoms with E-state index in [2.05, 4.69) is 68.7 Å². The molecule has 2 N–H and O–H groups in total. The lowest BCUT2D eigenvalue weighted by atomic mass is 10.1. The van der Waals surface area contributed by atoms with Gasteiger partial charge in [-0.05, 0) is 46.5 Å². The Balaban J connectivity index is 1.87. The summed E-state index contributed by atoms with van der Waals surface area (Å²) in [6.07, 6.45) is 8.95. The van der Waals surface area contributed by atoms with Crippen LogP contribution in [0.15, 0.2) is 47.3 Å². The van der Waals surface area contributed by atoms with E-state index in [9.17, 15) is 0 Å². The number of fused-ring (bicyclic) bond motifs is 1. The summed E-state index contributed by atoms with van der Waals surface area (Å²) in [5.41, 5.74) is 3.30. The predicted molar refractivity (Wildman–Crippen MR) is 107 cm³/mol. The maximum absolute atomic E-state index is 4.47. The first kappa shape index (κ1) is 17.7. The number of aromatic nitrogens is 3. The van der Waals surface area contributed by atoms with Crippen molar-refractivity contribution in [2.75, 3.05) is 10.6 Å². The molecule has 0 saturated carbocycles. The van der Waals surface area contributed by atoms with E-state index in [0.29, 0.717) is 12.6 Å². The molecule has 0 fully saturated rings. The van der Waals surface area contributed by atoms with Crippen molar-refractivity contribution in [3.05, 3.63) is 52.9 Å². The van der Waals surface area contributed by atoms with Crippen LogP contribution >= 0.6 is 15.9 Å². The van der Waals surface area contributed by atoms with E-state index >= 15 is 0 Å². The lowest BCUT2D eigenvalue weighted by molar-refractivity contribution is 0.623. The molecule has 25 heavy (non-hydrogen) atoms. The highest BCUT2D eigenvalue weighted by molar-refractivity contribution is 9.10. The van der Waals surface area contributed by atoms with Crippen LogP contribution in [-0.2, 0) is 6.54 Å². The van der Waals surface area contributed by atoms with Gasteiger partial charge in [0.25, 0.3) is 0 Å². The molecule has 0 aliphatic rings. The van der Waals surface area contributed by atoms with Gasteiger partial charge in [-0.2, -0.15) is 5.10 Å². The first-order valence-corrected chi connectivity index (χ1v) is 9.57. The third kappa shape index (κ3) is 4.31. The molecular formula is C19H24BrN5. The van der Waals surface area contributed by atoms with Crippen molar-refractivity contribution < 1.29 is 0 Å². The second kappa shape index (κ2) is 8.34. The Morgan fingerprint density at radius 3 is 2.84 bits per heavy atom. The van der Waals surface area contributed by atoms with Gasteiger partial charge >= 0.3 is 0 Å². The third-order valence-corrected chi connectivity index (χ3v) is 4.88. The van der Waals surface area contributed by atoms with Crippen molar-refractivity contribution in [3.8, 4) is 0 Å². The molecule has 0 aliphatic heterocycles. The molecule has 1 unspecified atom stereocenters. The Labute approximate surface area is 157 Å². The largest absolute Gasteiger partial charge is 0.382 e. The summed E-state index contributed by atoms with van der Waals surface area (Å²) in [6, 6.07) is 8.77. The average Bonchev–Trinajstić information content (AvgIpc) is 3.01. The molecule has 0 radical (unpaired) electrons. The average molecular weight is 402 g/mol. The molecule has 0 amide bonds. The van der Waals surface area contributed by atoms with Gasteiger partial charge in [0.2, 0.25) is 0 Å². The summed E-state index contributed by atoms with van der Waals surface area (Å²) in [5.74, 6) is 0.959. The molecule has 3 rings (SSSR count). The van der Waals surface area contributed by atoms with Crippen molar-refractivity contribution in [2.24, 2.45) is 0 Å². The van der Waals surface area contributed by atoms with Gasteiger partial charge in [-0.25, -0.2) is 4.52 Å². The number of anilines is 2. The summed E-state index contributed by atoms with van der Waals surface area (Å²) in [5, 5.41) is 11.6. The van der Waals surface area contributed by atoms with E-state index in [0.717, 1.165) is 33.5 Å². The second-order valence-electron chi connectivity index (χ2n) is 6.17. The van der Waals surface area contributed by atoms with Crippen molar-refractivity contribution >= 4 is 33.0 Å². The quantitative estimate of drug-likeness (QED) is 0.551. The fourth-order valence-corrected chi connectivity index (χ4v) is 3.30. The Hall–Kier alpha value is -2.08. The maximum Gasteiger partial charge on any atom is 0.130 e. The molecule has 3 aromatic heterocycles. The van der Waals surface area contributed by atoms with Gasteiger partial charge in [0.15, 0.2) is 0 Å². The topological polar surface area (TPSA) is 54.2 Å². The van der Waals surface area contributed by atoms with Gasteiger partial charge in [-0.15, -0.1) is 0 Å². The van der Waals surface area contributed by atoms with Crippen LogP contribution in [0.2, 0.25) is 0 Å². The minimum Gasteiger partial charge on any atom is -0.382 e. The van der Waals surface area contributed by atoms with Gasteiger partial charge in [-0.3, -0.25) is 4.98 Å². The Bertz CT molecular complexity index is 815. The zero-order chi connectivity index (χ0) is 17.6. The molecule has 0 spiro atoms. The fraction of sp³-hybridized carbons (Fsp3) is 0.368. The number of nitrogens with one attached hydrogen (secondary N) is 2. The van der Waals surface area contributed by atoms with E-state index in [1.54, 1.807) is 6.20 Å². The standard InChI is InChI=1S/C19H24BrN5/c1-3-6-15(4-2)24-16-9-18-17(20)13-23-25(18)19(10-16)22-12-14-7-5-8-21-11-14/h5,7-11,13,15,22,24H,3-4,6,12H2,1-2H3. The van der Waals surface area contributed by atoms with Crippen molar-refractivity contribution in [2.45, 2.75) is 45.7 Å². The normalized spacial score (nSPS) is 12.3. The molecular weight excluding hydrogens is 378 g/mol. The Morgan fingerprint density at radius 1 is 1.24 bits per heavy atom. The maximum atomic E-state index is 4.47. The van der Waals surface area contributed by atoms with Crippen molar-refractivity contribution in [3.63, 3.8) is 0 Å². The van der Waals surface area contributed by atoms with Crippen LogP contribution in [0.1, 0.15) is 38.7 Å². The zero-order valence-electron chi connectivity index (χ0n) is 14.7. The molecule has 0 bridgehead atoms. The number of nitrogens with zero attached hydrogens (tertiary/aromatic N) is 3. The Kier molecular flexibility index (Phi) is 5.91. The van der Waals surface area contributed by atoms with Crippen LogP contribution in [0, 0.1) is 0 Å². The molecule has 132 valence electrons. The third-order valence-electron chi connectivity index (χ3n) is 4.27. The smallest absolute Gasteiger partial charge is 0.130 e. The van der Waals surface area contributed by atoms with Gasteiger partial charge < -0.3 is 10.6 Å². The second-order valence-corrected chi connectivity index (χ2v) is 7.03. The SMILES string of the molecule is CCCC(CC)Nc1cc(NCc2cccnc2)n2ncc(Br)c2c1. The summed E-state index contributed by atoms with van der Waals surface area (Å²) in [7, 11) is 0. The number of hydrogen-bond donors (Lipinski definition) is 2. The summed E-state index contributed by atoms with van der Waals surface area (Å²) in [6.45, 7) is 5.15. The van der Waals surface area contributed by atoms with Gasteiger partial charge in [0, 0.05) is 36.7 Å². The Morgan fingerprint density at radius 2 is 2.12 bits per heavy atom. The highest BCUT2D eigenvalue weighted by atomic mass is 79.9. The number of halogens is 1. The van der Waals surface area contributed by atoms with E-state index in [1.165, 1.54) is 12.8 Å². The summed E-state index contributed by atoms with van der Waals surface area (Å²) >= 11 is 3.60. The summed E-state index contributed by atoms with van der Waals surface area (Å²) in [4.78, 5) is 4.17. The molecule has 0 aliphatic carbocycles. The minimum absolute atomic E-state index is 0.486. The summed E-state index contributed by atoms with van der Waals surface area (Å²) < 4.78 is 2.91. The van der Waals surface area contributed by atoms with Crippen LogP contribution in [0.3, 0.4) is 0 Å². The molecule has 3 heterocycles.